The van der Waals surface area contributed by atoms with Crippen LogP contribution < -0.4 is 0 Å². The maximum absolute atomic E-state index is 5.97. The molecule has 4 heteroatoms. The molecule has 0 unspecified atom stereocenters. The number of hydrogen-bond acceptors (Lipinski definition) is 2. The summed E-state index contributed by atoms with van der Waals surface area (Å²) in [6.45, 7) is 0. The molecule has 0 amide bonds. The molecule has 0 aliphatic carbocycles. The standard InChI is InChI=1S/C8H4Cl2S2/c9-5-3-6(10)8-4(7(5)11)1-2-12-8/h1-3,11H. The van der Waals surface area contributed by atoms with E-state index in [4.69, 9.17) is 23.2 Å². The number of thiol groups is 1. The number of hydrogen-bond donors (Lipinski definition) is 1. The van der Waals surface area contributed by atoms with Crippen molar-refractivity contribution in [2.24, 2.45) is 0 Å². The topological polar surface area (TPSA) is 0 Å². The molecule has 2 rings (SSSR count). The van der Waals surface area contributed by atoms with E-state index in [0.717, 1.165) is 15.0 Å². The minimum absolute atomic E-state index is 0.606. The Morgan fingerprint density at radius 2 is 2.00 bits per heavy atom. The fraction of sp³-hybridized carbons (Fsp3) is 0. The molecule has 1 heterocycles. The Labute approximate surface area is 89.5 Å². The van der Waals surface area contributed by atoms with Gasteiger partial charge in [0.2, 0.25) is 0 Å². The zero-order chi connectivity index (χ0) is 8.72. The van der Waals surface area contributed by atoms with Crippen LogP contribution in [0.1, 0.15) is 0 Å². The van der Waals surface area contributed by atoms with Gasteiger partial charge in [-0.1, -0.05) is 23.2 Å². The Bertz CT molecular complexity index is 434. The second-order valence-corrected chi connectivity index (χ2v) is 4.53. The van der Waals surface area contributed by atoms with Crippen LogP contribution in [0.4, 0.5) is 0 Å². The first-order valence-electron chi connectivity index (χ1n) is 3.24. The predicted octanol–water partition coefficient (Wildman–Crippen LogP) is 4.50. The van der Waals surface area contributed by atoms with Gasteiger partial charge in [-0.2, -0.15) is 0 Å². The summed E-state index contributed by atoms with van der Waals surface area (Å²) in [6.07, 6.45) is 0. The summed E-state index contributed by atoms with van der Waals surface area (Å²) in [6, 6.07) is 3.70. The van der Waals surface area contributed by atoms with Crippen molar-refractivity contribution in [2.45, 2.75) is 4.90 Å². The Balaban J connectivity index is 2.97. The van der Waals surface area contributed by atoms with Gasteiger partial charge in [0.15, 0.2) is 0 Å². The highest BCUT2D eigenvalue weighted by Crippen LogP contribution is 2.37. The van der Waals surface area contributed by atoms with E-state index < -0.39 is 0 Å². The summed E-state index contributed by atoms with van der Waals surface area (Å²) in [5, 5.41) is 4.31. The van der Waals surface area contributed by atoms with Gasteiger partial charge in [0.1, 0.15) is 0 Å². The minimum atomic E-state index is 0.606. The van der Waals surface area contributed by atoms with Crippen LogP contribution in [0, 0.1) is 0 Å². The van der Waals surface area contributed by atoms with Gasteiger partial charge < -0.3 is 0 Å². The van der Waals surface area contributed by atoms with E-state index in [1.807, 2.05) is 11.4 Å². The van der Waals surface area contributed by atoms with Crippen molar-refractivity contribution >= 4 is 57.3 Å². The molecule has 2 aromatic rings. The largest absolute Gasteiger partial charge is 0.142 e. The van der Waals surface area contributed by atoms with Crippen molar-refractivity contribution < 1.29 is 0 Å². The summed E-state index contributed by atoms with van der Waals surface area (Å²) in [5.41, 5.74) is 0. The summed E-state index contributed by atoms with van der Waals surface area (Å²) in [5.74, 6) is 0. The molecule has 0 radical (unpaired) electrons. The molecule has 0 fully saturated rings. The third-order valence-electron chi connectivity index (χ3n) is 1.62. The van der Waals surface area contributed by atoms with Crippen molar-refractivity contribution in [3.63, 3.8) is 0 Å². The molecule has 12 heavy (non-hydrogen) atoms. The zero-order valence-corrected chi connectivity index (χ0v) is 9.07. The van der Waals surface area contributed by atoms with Gasteiger partial charge in [-0.3, -0.25) is 0 Å². The van der Waals surface area contributed by atoms with E-state index >= 15 is 0 Å². The van der Waals surface area contributed by atoms with E-state index in [9.17, 15) is 0 Å². The molecule has 62 valence electrons. The summed E-state index contributed by atoms with van der Waals surface area (Å²) >= 11 is 17.8. The highest BCUT2D eigenvalue weighted by Gasteiger charge is 2.07. The number of thiophene rings is 1. The maximum atomic E-state index is 5.97. The Hall–Kier alpha value is 0.110. The molecule has 0 atom stereocenters. The van der Waals surface area contributed by atoms with Crippen LogP contribution in [0.3, 0.4) is 0 Å². The van der Waals surface area contributed by atoms with Gasteiger partial charge in [0.05, 0.1) is 14.7 Å². The Kier molecular flexibility index (Phi) is 2.25. The van der Waals surface area contributed by atoms with E-state index in [1.54, 1.807) is 17.4 Å². The van der Waals surface area contributed by atoms with Crippen LogP contribution in [0.25, 0.3) is 10.1 Å². The second-order valence-electron chi connectivity index (χ2n) is 2.35. The van der Waals surface area contributed by atoms with Crippen molar-refractivity contribution in [2.75, 3.05) is 0 Å². The van der Waals surface area contributed by atoms with Crippen LogP contribution in [0.5, 0.6) is 0 Å². The molecule has 0 bridgehead atoms. The number of benzene rings is 1. The van der Waals surface area contributed by atoms with Crippen LogP contribution in [0.2, 0.25) is 10.0 Å². The maximum Gasteiger partial charge on any atom is 0.0599 e. The van der Waals surface area contributed by atoms with Gasteiger partial charge in [-0.05, 0) is 17.5 Å². The monoisotopic (exact) mass is 234 g/mol. The van der Waals surface area contributed by atoms with E-state index in [1.165, 1.54) is 0 Å². The molecule has 0 aliphatic rings. The lowest BCUT2D eigenvalue weighted by Crippen LogP contribution is -1.72. The van der Waals surface area contributed by atoms with Gasteiger partial charge in [-0.15, -0.1) is 24.0 Å². The van der Waals surface area contributed by atoms with E-state index in [2.05, 4.69) is 12.6 Å². The molecule has 0 nitrogen and oxygen atoms in total. The van der Waals surface area contributed by atoms with Gasteiger partial charge in [-0.25, -0.2) is 0 Å². The lowest BCUT2D eigenvalue weighted by atomic mass is 10.3. The average molecular weight is 235 g/mol. The molecule has 0 spiro atoms. The lowest BCUT2D eigenvalue weighted by Gasteiger charge is -1.99. The fourth-order valence-corrected chi connectivity index (χ4v) is 2.80. The molecular weight excluding hydrogens is 231 g/mol. The fourth-order valence-electron chi connectivity index (χ4n) is 1.05. The van der Waals surface area contributed by atoms with Crippen molar-refractivity contribution in [3.8, 4) is 0 Å². The molecule has 0 saturated heterocycles. The van der Waals surface area contributed by atoms with E-state index in [-0.39, 0.29) is 0 Å². The van der Waals surface area contributed by atoms with Crippen molar-refractivity contribution in [1.82, 2.24) is 0 Å². The molecule has 1 aromatic carbocycles. The average Bonchev–Trinajstić information content (AvgIpc) is 2.48. The van der Waals surface area contributed by atoms with Crippen LogP contribution >= 0.6 is 47.2 Å². The molecular formula is C8H4Cl2S2. The third-order valence-corrected chi connectivity index (χ3v) is 3.89. The summed E-state index contributed by atoms with van der Waals surface area (Å²) in [7, 11) is 0. The third kappa shape index (κ3) is 1.23. The zero-order valence-electron chi connectivity index (χ0n) is 5.84. The first kappa shape index (κ1) is 8.70. The van der Waals surface area contributed by atoms with Crippen molar-refractivity contribution in [1.29, 1.82) is 0 Å². The number of fused-ring (bicyclic) bond motifs is 1. The molecule has 1 aromatic heterocycles. The van der Waals surface area contributed by atoms with E-state index in [0.29, 0.717) is 10.0 Å². The summed E-state index contributed by atoms with van der Waals surface area (Å²) < 4.78 is 1.05. The highest BCUT2D eigenvalue weighted by molar-refractivity contribution is 7.80. The molecule has 0 N–H and O–H groups in total. The van der Waals surface area contributed by atoms with Gasteiger partial charge in [0, 0.05) is 10.3 Å². The summed E-state index contributed by atoms with van der Waals surface area (Å²) in [4.78, 5) is 0.803. The second kappa shape index (κ2) is 3.11. The quantitative estimate of drug-likeness (QED) is 0.638. The SMILES string of the molecule is Sc1c(Cl)cc(Cl)c2sccc12. The first-order valence-corrected chi connectivity index (χ1v) is 5.32. The normalized spacial score (nSPS) is 10.9. The molecule has 0 saturated carbocycles. The van der Waals surface area contributed by atoms with Crippen LogP contribution in [0.15, 0.2) is 22.4 Å². The first-order chi connectivity index (χ1) is 5.70. The minimum Gasteiger partial charge on any atom is -0.142 e. The Morgan fingerprint density at radius 1 is 1.25 bits per heavy atom. The van der Waals surface area contributed by atoms with Crippen LogP contribution in [-0.4, -0.2) is 0 Å². The van der Waals surface area contributed by atoms with Gasteiger partial charge in [0.25, 0.3) is 0 Å². The highest BCUT2D eigenvalue weighted by atomic mass is 35.5. The number of halogens is 2. The Morgan fingerprint density at radius 3 is 2.75 bits per heavy atom. The lowest BCUT2D eigenvalue weighted by molar-refractivity contribution is 1.59. The van der Waals surface area contributed by atoms with Crippen molar-refractivity contribution in [3.05, 3.63) is 27.6 Å². The van der Waals surface area contributed by atoms with Crippen LogP contribution in [-0.2, 0) is 0 Å². The number of rotatable bonds is 0. The molecule has 0 aliphatic heterocycles. The van der Waals surface area contributed by atoms with Gasteiger partial charge >= 0.3 is 0 Å². The predicted molar refractivity (Wildman–Crippen MR) is 59.1 cm³/mol. The smallest absolute Gasteiger partial charge is 0.0599 e.